The molecule has 2 heteroatoms. The second-order valence-electron chi connectivity index (χ2n) is 2.12. The van der Waals surface area contributed by atoms with Crippen LogP contribution in [0.15, 0.2) is 24.3 Å². The number of benzene rings is 1. The van der Waals surface area contributed by atoms with Gasteiger partial charge in [0.2, 0.25) is 0 Å². The monoisotopic (exact) mass is 328 g/mol. The van der Waals surface area contributed by atoms with Gasteiger partial charge in [-0.3, -0.25) is 0 Å². The summed E-state index contributed by atoms with van der Waals surface area (Å²) in [6.45, 7) is 2.10. The fourth-order valence-corrected chi connectivity index (χ4v) is 4.68. The predicted molar refractivity (Wildman–Crippen MR) is 36.7 cm³/mol. The zero-order chi connectivity index (χ0) is 6.69. The third-order valence-electron chi connectivity index (χ3n) is 1.24. The van der Waals surface area contributed by atoms with Gasteiger partial charge >= 0.3 is 71.4 Å². The maximum atomic E-state index is 5.82. The van der Waals surface area contributed by atoms with Crippen LogP contribution in [0.25, 0.3) is 0 Å². The van der Waals surface area contributed by atoms with E-state index in [0.717, 1.165) is 0 Å². The molecule has 44 valence electrons. The number of halogens is 1. The average molecular weight is 327 g/mol. The first-order valence-corrected chi connectivity index (χ1v) is 12.5. The fourth-order valence-electron chi connectivity index (χ4n) is 0.795. The Morgan fingerprint density at radius 2 is 2.22 bits per heavy atom. The van der Waals surface area contributed by atoms with Crippen LogP contribution in [-0.2, 0) is 23.3 Å². The van der Waals surface area contributed by atoms with Gasteiger partial charge in [-0.25, -0.2) is 0 Å². The van der Waals surface area contributed by atoms with Crippen molar-refractivity contribution in [3.8, 4) is 0 Å². The Morgan fingerprint density at radius 1 is 1.44 bits per heavy atom. The van der Waals surface area contributed by atoms with Crippen molar-refractivity contribution in [1.29, 1.82) is 0 Å². The molecule has 0 unspecified atom stereocenters. The molecule has 0 aromatic heterocycles. The third kappa shape index (κ3) is 2.26. The predicted octanol–water partition coefficient (Wildman–Crippen LogP) is 1.86. The molecule has 1 aromatic carbocycles. The zero-order valence-corrected chi connectivity index (χ0v) is 11.6. The number of hydrogen-bond acceptors (Lipinski definition) is 0. The van der Waals surface area contributed by atoms with Crippen LogP contribution in [0.3, 0.4) is 0 Å². The average Bonchev–Trinajstić information content (AvgIpc) is 1.88. The van der Waals surface area contributed by atoms with E-state index in [4.69, 9.17) is 8.25 Å². The summed E-state index contributed by atoms with van der Waals surface area (Å²) in [4.78, 5) is 0. The second-order valence-corrected chi connectivity index (χ2v) is 8.68. The standard InChI is InChI=1S/C7H7.ClH.Hg/c1-7-5-3-2-4-6-7;;/h2-3,5-6H,1H3;1H;/q;;+1/p-1. The van der Waals surface area contributed by atoms with Gasteiger partial charge in [0, 0.05) is 0 Å². The van der Waals surface area contributed by atoms with Gasteiger partial charge in [-0.05, 0) is 0 Å². The van der Waals surface area contributed by atoms with Crippen LogP contribution in [-0.4, -0.2) is 0 Å². The normalized spacial score (nSPS) is 8.67. The summed E-state index contributed by atoms with van der Waals surface area (Å²) in [6.07, 6.45) is 0. The van der Waals surface area contributed by atoms with Crippen molar-refractivity contribution in [2.24, 2.45) is 0 Å². The van der Waals surface area contributed by atoms with E-state index in [-0.39, 0.29) is 0 Å². The molecule has 0 bridgehead atoms. The Labute approximate surface area is 71.1 Å². The van der Waals surface area contributed by atoms with Gasteiger partial charge in [0.1, 0.15) is 0 Å². The molecule has 0 fully saturated rings. The number of hydrogen-bond donors (Lipinski definition) is 0. The number of rotatable bonds is 1. The van der Waals surface area contributed by atoms with Gasteiger partial charge in [0.15, 0.2) is 0 Å². The van der Waals surface area contributed by atoms with Crippen LogP contribution in [0.2, 0.25) is 0 Å². The molecule has 0 spiro atoms. The summed E-state index contributed by atoms with van der Waals surface area (Å²) in [5.41, 5.74) is 1.33. The molecular weight excluding hydrogens is 320 g/mol. The molecule has 0 radical (unpaired) electrons. The first-order chi connectivity index (χ1) is 4.33. The number of aryl methyl sites for hydroxylation is 1. The van der Waals surface area contributed by atoms with Gasteiger partial charge in [-0.15, -0.1) is 0 Å². The quantitative estimate of drug-likeness (QED) is 0.691. The summed E-state index contributed by atoms with van der Waals surface area (Å²) < 4.78 is 1.41. The van der Waals surface area contributed by atoms with Gasteiger partial charge in [0.25, 0.3) is 0 Å². The Bertz CT molecular complexity index is 198. The molecular formula is C7H7ClHg. The molecule has 0 nitrogen and oxygen atoms in total. The third-order valence-corrected chi connectivity index (χ3v) is 6.85. The summed E-state index contributed by atoms with van der Waals surface area (Å²) >= 11 is -1.10. The summed E-state index contributed by atoms with van der Waals surface area (Å²) in [5.74, 6) is 0. The van der Waals surface area contributed by atoms with E-state index in [1.54, 1.807) is 0 Å². The maximum absolute atomic E-state index is 5.82. The molecule has 0 amide bonds. The van der Waals surface area contributed by atoms with Crippen LogP contribution < -0.4 is 3.07 Å². The van der Waals surface area contributed by atoms with Crippen LogP contribution in [0.1, 0.15) is 5.56 Å². The Kier molecular flexibility index (Phi) is 3.00. The minimum atomic E-state index is -1.10. The molecule has 1 aromatic rings. The van der Waals surface area contributed by atoms with Crippen molar-refractivity contribution in [3.63, 3.8) is 0 Å². The summed E-state index contributed by atoms with van der Waals surface area (Å²) in [7, 11) is 5.82. The molecule has 0 heterocycles. The van der Waals surface area contributed by atoms with Crippen molar-refractivity contribution in [2.45, 2.75) is 6.92 Å². The molecule has 0 aliphatic rings. The van der Waals surface area contributed by atoms with E-state index in [2.05, 4.69) is 31.2 Å². The van der Waals surface area contributed by atoms with Gasteiger partial charge < -0.3 is 0 Å². The van der Waals surface area contributed by atoms with Crippen molar-refractivity contribution < 1.29 is 23.3 Å². The topological polar surface area (TPSA) is 0 Å². The molecule has 0 atom stereocenters. The summed E-state index contributed by atoms with van der Waals surface area (Å²) in [6, 6.07) is 8.49. The van der Waals surface area contributed by atoms with Gasteiger partial charge in [-0.1, -0.05) is 0 Å². The zero-order valence-electron chi connectivity index (χ0n) is 5.39. The van der Waals surface area contributed by atoms with Crippen LogP contribution in [0.5, 0.6) is 0 Å². The second kappa shape index (κ2) is 3.57. The molecule has 0 N–H and O–H groups in total. The summed E-state index contributed by atoms with van der Waals surface area (Å²) in [5, 5.41) is 0. The molecule has 0 aliphatic heterocycles. The van der Waals surface area contributed by atoms with Crippen molar-refractivity contribution in [3.05, 3.63) is 29.8 Å². The van der Waals surface area contributed by atoms with E-state index >= 15 is 0 Å². The Hall–Kier alpha value is 0.445. The van der Waals surface area contributed by atoms with Crippen molar-refractivity contribution in [2.75, 3.05) is 0 Å². The molecule has 0 aliphatic carbocycles. The first kappa shape index (κ1) is 7.55. The van der Waals surface area contributed by atoms with Gasteiger partial charge in [-0.2, -0.15) is 0 Å². The van der Waals surface area contributed by atoms with Crippen LogP contribution in [0, 0.1) is 6.92 Å². The molecule has 1 rings (SSSR count). The van der Waals surface area contributed by atoms with Crippen molar-refractivity contribution in [1.82, 2.24) is 0 Å². The SMILES string of the molecule is Cc1ccc[c]([Hg][Cl])c1. The minimum absolute atomic E-state index is 1.10. The molecule has 0 saturated carbocycles. The first-order valence-electron chi connectivity index (χ1n) is 2.94. The van der Waals surface area contributed by atoms with E-state index in [1.807, 2.05) is 0 Å². The fraction of sp³-hybridized carbons (Fsp3) is 0.143. The van der Waals surface area contributed by atoms with Crippen LogP contribution >= 0.6 is 8.25 Å². The van der Waals surface area contributed by atoms with Gasteiger partial charge in [0.05, 0.1) is 0 Å². The Morgan fingerprint density at radius 3 is 2.67 bits per heavy atom. The molecule has 0 saturated heterocycles. The van der Waals surface area contributed by atoms with E-state index < -0.39 is 23.3 Å². The van der Waals surface area contributed by atoms with E-state index in [0.29, 0.717) is 0 Å². The Balaban J connectivity index is 2.94. The van der Waals surface area contributed by atoms with E-state index in [9.17, 15) is 0 Å². The van der Waals surface area contributed by atoms with Crippen molar-refractivity contribution >= 4 is 11.3 Å². The van der Waals surface area contributed by atoms with E-state index in [1.165, 1.54) is 8.64 Å². The molecule has 9 heavy (non-hydrogen) atoms. The van der Waals surface area contributed by atoms with Crippen LogP contribution in [0.4, 0.5) is 0 Å².